The molecule has 2 nitrogen and oxygen atoms in total. The van der Waals surface area contributed by atoms with E-state index in [1.807, 2.05) is 6.07 Å². The van der Waals surface area contributed by atoms with Crippen molar-refractivity contribution >= 4 is 26.9 Å². The van der Waals surface area contributed by atoms with Gasteiger partial charge in [-0.1, -0.05) is 15.9 Å². The smallest absolute Gasteiger partial charge is 0.169 e. The molecule has 0 saturated heterocycles. The maximum Gasteiger partial charge on any atom is 0.169 e. The third-order valence-electron chi connectivity index (χ3n) is 2.09. The summed E-state index contributed by atoms with van der Waals surface area (Å²) in [4.78, 5) is 0. The first kappa shape index (κ1) is 9.68. The number of rotatable bonds is 2. The number of fused-ring (bicyclic) bond motifs is 1. The van der Waals surface area contributed by atoms with Crippen LogP contribution in [0.5, 0.6) is 0 Å². The van der Waals surface area contributed by atoms with Gasteiger partial charge >= 0.3 is 0 Å². The summed E-state index contributed by atoms with van der Waals surface area (Å²) in [5.74, 6) is -0.349. The average molecular weight is 258 g/mol. The highest BCUT2D eigenvalue weighted by molar-refractivity contribution is 9.10. The molecule has 0 aliphatic carbocycles. The van der Waals surface area contributed by atoms with Crippen molar-refractivity contribution in [1.82, 2.24) is 0 Å². The molecule has 0 fully saturated rings. The van der Waals surface area contributed by atoms with Crippen LogP contribution in [-0.4, -0.2) is 6.54 Å². The molecular weight excluding hydrogens is 249 g/mol. The molecule has 0 aliphatic heterocycles. The van der Waals surface area contributed by atoms with E-state index in [9.17, 15) is 4.39 Å². The van der Waals surface area contributed by atoms with Crippen LogP contribution in [0.1, 0.15) is 5.56 Å². The van der Waals surface area contributed by atoms with Gasteiger partial charge in [0.1, 0.15) is 0 Å². The van der Waals surface area contributed by atoms with Gasteiger partial charge in [0.05, 0.1) is 6.26 Å². The molecule has 0 saturated carbocycles. The fourth-order valence-corrected chi connectivity index (χ4v) is 1.89. The first-order valence-corrected chi connectivity index (χ1v) is 5.07. The number of hydrogen-bond donors (Lipinski definition) is 1. The largest absolute Gasteiger partial charge is 0.461 e. The number of nitrogens with two attached hydrogens (primary N) is 1. The van der Waals surface area contributed by atoms with E-state index >= 15 is 0 Å². The van der Waals surface area contributed by atoms with E-state index in [1.54, 1.807) is 6.26 Å². The molecule has 2 N–H and O–H groups in total. The third-order valence-corrected chi connectivity index (χ3v) is 2.54. The molecular formula is C10H9BrFNO. The average Bonchev–Trinajstić information content (AvgIpc) is 2.49. The minimum atomic E-state index is -0.349. The Balaban J connectivity index is 2.66. The van der Waals surface area contributed by atoms with Crippen LogP contribution in [0.4, 0.5) is 4.39 Å². The third kappa shape index (κ3) is 1.55. The summed E-state index contributed by atoms with van der Waals surface area (Å²) in [6.07, 6.45) is 2.26. The molecule has 4 heteroatoms. The molecule has 74 valence electrons. The van der Waals surface area contributed by atoms with Gasteiger partial charge < -0.3 is 10.2 Å². The molecule has 14 heavy (non-hydrogen) atoms. The Morgan fingerprint density at radius 2 is 2.21 bits per heavy atom. The van der Waals surface area contributed by atoms with Crippen molar-refractivity contribution in [3.63, 3.8) is 0 Å². The van der Waals surface area contributed by atoms with Crippen LogP contribution in [0.2, 0.25) is 0 Å². The van der Waals surface area contributed by atoms with Crippen molar-refractivity contribution in [1.29, 1.82) is 0 Å². The highest BCUT2D eigenvalue weighted by atomic mass is 79.9. The lowest BCUT2D eigenvalue weighted by Crippen LogP contribution is -2.01. The topological polar surface area (TPSA) is 39.2 Å². The molecule has 0 radical (unpaired) electrons. The van der Waals surface area contributed by atoms with Gasteiger partial charge in [0.15, 0.2) is 11.4 Å². The molecule has 2 aromatic rings. The number of benzene rings is 1. The summed E-state index contributed by atoms with van der Waals surface area (Å²) >= 11 is 3.24. The fourth-order valence-electron chi connectivity index (χ4n) is 1.46. The Bertz CT molecular complexity index is 466. The van der Waals surface area contributed by atoms with Crippen LogP contribution in [0.3, 0.4) is 0 Å². The van der Waals surface area contributed by atoms with Crippen molar-refractivity contribution in [3.05, 3.63) is 34.2 Å². The van der Waals surface area contributed by atoms with Crippen molar-refractivity contribution < 1.29 is 8.81 Å². The van der Waals surface area contributed by atoms with E-state index in [0.717, 1.165) is 10.9 Å². The summed E-state index contributed by atoms with van der Waals surface area (Å²) in [6, 6.07) is 3.23. The molecule has 0 unspecified atom stereocenters. The van der Waals surface area contributed by atoms with Gasteiger partial charge in [0, 0.05) is 9.86 Å². The maximum atomic E-state index is 13.3. The molecule has 2 rings (SSSR count). The van der Waals surface area contributed by atoms with Gasteiger partial charge in [-0.3, -0.25) is 0 Å². The van der Waals surface area contributed by atoms with E-state index in [-0.39, 0.29) is 5.82 Å². The molecule has 0 atom stereocenters. The second-order valence-electron chi connectivity index (χ2n) is 3.06. The van der Waals surface area contributed by atoms with Crippen LogP contribution >= 0.6 is 15.9 Å². The van der Waals surface area contributed by atoms with Crippen molar-refractivity contribution in [2.45, 2.75) is 6.42 Å². The SMILES string of the molecule is NCCc1coc2c(F)cc(Br)cc12. The molecule has 0 amide bonds. The summed E-state index contributed by atoms with van der Waals surface area (Å²) < 4.78 is 19.2. The predicted octanol–water partition coefficient (Wildman–Crippen LogP) is 2.84. The number of furan rings is 1. The predicted molar refractivity (Wildman–Crippen MR) is 56.6 cm³/mol. The monoisotopic (exact) mass is 257 g/mol. The van der Waals surface area contributed by atoms with E-state index in [0.29, 0.717) is 23.0 Å². The van der Waals surface area contributed by atoms with Gasteiger partial charge in [-0.05, 0) is 30.7 Å². The van der Waals surface area contributed by atoms with Crippen LogP contribution in [0.15, 0.2) is 27.3 Å². The fraction of sp³-hybridized carbons (Fsp3) is 0.200. The lowest BCUT2D eigenvalue weighted by molar-refractivity contribution is 0.558. The first-order valence-electron chi connectivity index (χ1n) is 4.27. The van der Waals surface area contributed by atoms with E-state index in [4.69, 9.17) is 10.2 Å². The quantitative estimate of drug-likeness (QED) is 0.899. The maximum absolute atomic E-state index is 13.3. The number of halogens is 2. The lowest BCUT2D eigenvalue weighted by atomic mass is 10.1. The van der Waals surface area contributed by atoms with Crippen molar-refractivity contribution in [2.24, 2.45) is 5.73 Å². The highest BCUT2D eigenvalue weighted by Crippen LogP contribution is 2.27. The van der Waals surface area contributed by atoms with Crippen molar-refractivity contribution in [3.8, 4) is 0 Å². The van der Waals surface area contributed by atoms with Crippen LogP contribution in [0, 0.1) is 5.82 Å². The van der Waals surface area contributed by atoms with Gasteiger partial charge in [-0.25, -0.2) is 4.39 Å². The van der Waals surface area contributed by atoms with Crippen LogP contribution in [-0.2, 0) is 6.42 Å². The van der Waals surface area contributed by atoms with Crippen LogP contribution < -0.4 is 5.73 Å². The Kier molecular flexibility index (Phi) is 2.56. The Labute approximate surface area is 89.0 Å². The summed E-state index contributed by atoms with van der Waals surface area (Å²) in [5, 5.41) is 0.794. The van der Waals surface area contributed by atoms with Crippen LogP contribution in [0.25, 0.3) is 11.0 Å². The van der Waals surface area contributed by atoms with E-state index in [2.05, 4.69) is 15.9 Å². The normalized spacial score (nSPS) is 11.1. The summed E-state index contributed by atoms with van der Waals surface area (Å²) in [5.41, 5.74) is 6.69. The lowest BCUT2D eigenvalue weighted by Gasteiger charge is -1.96. The second kappa shape index (κ2) is 3.71. The van der Waals surface area contributed by atoms with Crippen molar-refractivity contribution in [2.75, 3.05) is 6.54 Å². The highest BCUT2D eigenvalue weighted by Gasteiger charge is 2.10. The summed E-state index contributed by atoms with van der Waals surface area (Å²) in [6.45, 7) is 0.531. The minimum Gasteiger partial charge on any atom is -0.461 e. The molecule has 0 bridgehead atoms. The van der Waals surface area contributed by atoms with E-state index in [1.165, 1.54) is 6.07 Å². The molecule has 0 aliphatic rings. The molecule has 1 heterocycles. The van der Waals surface area contributed by atoms with Gasteiger partial charge in [0.2, 0.25) is 0 Å². The Morgan fingerprint density at radius 3 is 2.93 bits per heavy atom. The summed E-state index contributed by atoms with van der Waals surface area (Å²) in [7, 11) is 0. The second-order valence-corrected chi connectivity index (χ2v) is 3.98. The Hall–Kier alpha value is -0.870. The molecule has 1 aromatic heterocycles. The molecule has 0 spiro atoms. The Morgan fingerprint density at radius 1 is 1.43 bits per heavy atom. The zero-order valence-corrected chi connectivity index (χ0v) is 8.97. The van der Waals surface area contributed by atoms with E-state index < -0.39 is 0 Å². The first-order chi connectivity index (χ1) is 6.72. The van der Waals surface area contributed by atoms with Gasteiger partial charge in [-0.15, -0.1) is 0 Å². The standard InChI is InChI=1S/C10H9BrFNO/c11-7-3-8-6(1-2-13)5-14-10(8)9(12)4-7/h3-5H,1-2,13H2. The minimum absolute atomic E-state index is 0.302. The molecule has 1 aromatic carbocycles. The zero-order chi connectivity index (χ0) is 10.1. The van der Waals surface area contributed by atoms with Gasteiger partial charge in [-0.2, -0.15) is 0 Å². The van der Waals surface area contributed by atoms with Gasteiger partial charge in [0.25, 0.3) is 0 Å². The number of hydrogen-bond acceptors (Lipinski definition) is 2. The zero-order valence-electron chi connectivity index (χ0n) is 7.39.